The molecule has 2 amide bonds. The van der Waals surface area contributed by atoms with Gasteiger partial charge in [-0.2, -0.15) is 13.2 Å². The van der Waals surface area contributed by atoms with Gasteiger partial charge in [0.2, 0.25) is 5.91 Å². The van der Waals surface area contributed by atoms with Crippen molar-refractivity contribution in [3.63, 3.8) is 0 Å². The molecule has 1 aromatic heterocycles. The molecule has 13 heteroatoms. The quantitative estimate of drug-likeness (QED) is 0.217. The number of thiazole rings is 1. The number of hydrogen-bond acceptors (Lipinski definition) is 5. The molecular weight excluding hydrogens is 557 g/mol. The number of alkyl halides is 5. The van der Waals surface area contributed by atoms with Crippen LogP contribution in [0.1, 0.15) is 53.8 Å². The largest absolute Gasteiger partial charge is 0.478 e. The zero-order valence-corrected chi connectivity index (χ0v) is 21.3. The van der Waals surface area contributed by atoms with Gasteiger partial charge in [-0.3, -0.25) is 9.59 Å². The number of hydrogen-bond donors (Lipinski definition) is 3. The number of primary amides is 1. The number of rotatable bonds is 6. The molecule has 0 aliphatic heterocycles. The lowest BCUT2D eigenvalue weighted by atomic mass is 10.00. The molecule has 208 valence electrons. The standard InChI is InChI=1S/C22H15F3N2O4.C5H5F2NS/c23-22(24,25)14-8-5-12(6-9-14)15-3-1-2-4-18(15)27-20(29)17-11-13(21(30)31)7-10-16(17)19(26)28;1-3-8-4(2-9-3)5(6)7/h1-11H,(H2,26,28)(H,27,29)(H,30,31);2,5H,1H3. The van der Waals surface area contributed by atoms with Crippen LogP contribution in [0.15, 0.2) is 72.1 Å². The molecule has 0 spiro atoms. The molecule has 3 aromatic carbocycles. The number of aromatic nitrogens is 1. The van der Waals surface area contributed by atoms with Gasteiger partial charge in [-0.05, 0) is 48.9 Å². The molecule has 7 nitrogen and oxygen atoms in total. The second-order valence-corrected chi connectivity index (χ2v) is 9.16. The van der Waals surface area contributed by atoms with Gasteiger partial charge in [-0.1, -0.05) is 30.3 Å². The third kappa shape index (κ3) is 7.47. The van der Waals surface area contributed by atoms with Crippen molar-refractivity contribution in [1.29, 1.82) is 0 Å². The Balaban J connectivity index is 0.000000415. The van der Waals surface area contributed by atoms with Crippen molar-refractivity contribution in [1.82, 2.24) is 4.98 Å². The Morgan fingerprint density at radius 2 is 1.62 bits per heavy atom. The Morgan fingerprint density at radius 1 is 0.975 bits per heavy atom. The van der Waals surface area contributed by atoms with Crippen molar-refractivity contribution in [3.05, 3.63) is 105 Å². The molecule has 1 heterocycles. The minimum Gasteiger partial charge on any atom is -0.478 e. The Morgan fingerprint density at radius 3 is 2.12 bits per heavy atom. The van der Waals surface area contributed by atoms with Crippen molar-refractivity contribution in [2.45, 2.75) is 19.5 Å². The molecule has 0 bridgehead atoms. The molecule has 4 N–H and O–H groups in total. The van der Waals surface area contributed by atoms with E-state index in [1.54, 1.807) is 25.1 Å². The summed E-state index contributed by atoms with van der Waals surface area (Å²) in [6, 6.07) is 14.1. The van der Waals surface area contributed by atoms with E-state index in [0.29, 0.717) is 16.1 Å². The Bertz CT molecular complexity index is 1540. The number of carboxylic acid groups (broad SMARTS) is 1. The van der Waals surface area contributed by atoms with Crippen molar-refractivity contribution in [3.8, 4) is 11.1 Å². The lowest BCUT2D eigenvalue weighted by molar-refractivity contribution is -0.137. The van der Waals surface area contributed by atoms with Gasteiger partial charge in [-0.15, -0.1) is 11.3 Å². The monoisotopic (exact) mass is 577 g/mol. The first-order chi connectivity index (χ1) is 18.8. The number of aromatic carboxylic acids is 1. The molecule has 4 rings (SSSR count). The van der Waals surface area contributed by atoms with E-state index in [-0.39, 0.29) is 28.1 Å². The summed E-state index contributed by atoms with van der Waals surface area (Å²) in [5, 5.41) is 13.8. The molecule has 0 fully saturated rings. The zero-order valence-electron chi connectivity index (χ0n) is 20.5. The third-order valence-corrected chi connectivity index (χ3v) is 6.13. The van der Waals surface area contributed by atoms with Crippen LogP contribution in [-0.2, 0) is 6.18 Å². The molecule has 0 aliphatic rings. The van der Waals surface area contributed by atoms with Gasteiger partial charge >= 0.3 is 12.1 Å². The van der Waals surface area contributed by atoms with Crippen LogP contribution in [0.2, 0.25) is 0 Å². The third-order valence-electron chi connectivity index (χ3n) is 5.34. The number of anilines is 1. The Kier molecular flexibility index (Phi) is 9.32. The summed E-state index contributed by atoms with van der Waals surface area (Å²) in [6.45, 7) is 1.70. The molecule has 40 heavy (non-hydrogen) atoms. The molecule has 0 radical (unpaired) electrons. The van der Waals surface area contributed by atoms with Crippen LogP contribution in [0.3, 0.4) is 0 Å². The first kappa shape index (κ1) is 29.9. The van der Waals surface area contributed by atoms with E-state index >= 15 is 0 Å². The summed E-state index contributed by atoms with van der Waals surface area (Å²) >= 11 is 1.24. The highest BCUT2D eigenvalue weighted by Gasteiger charge is 2.30. The van der Waals surface area contributed by atoms with E-state index in [4.69, 9.17) is 10.8 Å². The number of nitrogens with two attached hydrogens (primary N) is 1. The van der Waals surface area contributed by atoms with Crippen molar-refractivity contribution >= 4 is 34.8 Å². The van der Waals surface area contributed by atoms with Gasteiger partial charge in [0.1, 0.15) is 5.69 Å². The van der Waals surface area contributed by atoms with Gasteiger partial charge in [0.05, 0.1) is 27.3 Å². The van der Waals surface area contributed by atoms with Gasteiger partial charge in [0, 0.05) is 16.6 Å². The summed E-state index contributed by atoms with van der Waals surface area (Å²) < 4.78 is 61.9. The number of nitrogens with zero attached hydrogens (tertiary/aromatic N) is 1. The van der Waals surface area contributed by atoms with Crippen LogP contribution in [0, 0.1) is 6.92 Å². The Labute approximate surface area is 228 Å². The van der Waals surface area contributed by atoms with E-state index < -0.39 is 35.9 Å². The van der Waals surface area contributed by atoms with E-state index in [1.807, 2.05) is 0 Å². The fourth-order valence-electron chi connectivity index (χ4n) is 3.43. The number of nitrogens with one attached hydrogen (secondary N) is 1. The van der Waals surface area contributed by atoms with Crippen LogP contribution in [0.5, 0.6) is 0 Å². The molecule has 0 atom stereocenters. The van der Waals surface area contributed by atoms with Crippen LogP contribution in [0.25, 0.3) is 11.1 Å². The molecule has 0 unspecified atom stereocenters. The number of aryl methyl sites for hydroxylation is 1. The second kappa shape index (κ2) is 12.5. The van der Waals surface area contributed by atoms with Gasteiger partial charge in [0.25, 0.3) is 12.3 Å². The van der Waals surface area contributed by atoms with Crippen LogP contribution >= 0.6 is 11.3 Å². The van der Waals surface area contributed by atoms with Gasteiger partial charge < -0.3 is 16.2 Å². The van der Waals surface area contributed by atoms with Gasteiger partial charge in [0.15, 0.2) is 0 Å². The van der Waals surface area contributed by atoms with Gasteiger partial charge in [-0.25, -0.2) is 18.6 Å². The van der Waals surface area contributed by atoms with Crippen LogP contribution in [-0.4, -0.2) is 27.9 Å². The molecule has 0 saturated heterocycles. The summed E-state index contributed by atoms with van der Waals surface area (Å²) in [7, 11) is 0. The first-order valence-corrected chi connectivity index (χ1v) is 12.1. The van der Waals surface area contributed by atoms with Crippen molar-refractivity contribution in [2.24, 2.45) is 5.73 Å². The molecule has 0 aliphatic carbocycles. The van der Waals surface area contributed by atoms with E-state index in [2.05, 4.69) is 10.3 Å². The van der Waals surface area contributed by atoms with E-state index in [0.717, 1.165) is 30.3 Å². The predicted octanol–water partition coefficient (Wildman–Crippen LogP) is 6.81. The summed E-state index contributed by atoms with van der Waals surface area (Å²) in [6.07, 6.45) is -6.90. The van der Waals surface area contributed by atoms with Crippen LogP contribution < -0.4 is 11.1 Å². The van der Waals surface area contributed by atoms with E-state index in [1.165, 1.54) is 34.9 Å². The SMILES string of the molecule is Cc1nc(C(F)F)cs1.NC(=O)c1ccc(C(=O)O)cc1C(=O)Nc1ccccc1-c1ccc(C(F)(F)F)cc1. The highest BCUT2D eigenvalue weighted by Crippen LogP contribution is 2.33. The summed E-state index contributed by atoms with van der Waals surface area (Å²) in [5.74, 6) is -3.01. The summed E-state index contributed by atoms with van der Waals surface area (Å²) in [5.41, 5.74) is 4.83. The van der Waals surface area contributed by atoms with Crippen molar-refractivity contribution in [2.75, 3.05) is 5.32 Å². The maximum Gasteiger partial charge on any atom is 0.416 e. The number of carbonyl (C=O) groups is 3. The number of para-hydroxylation sites is 1. The lowest BCUT2D eigenvalue weighted by Crippen LogP contribution is -2.21. The summed E-state index contributed by atoms with van der Waals surface area (Å²) in [4.78, 5) is 39.3. The minimum atomic E-state index is -4.48. The molecular formula is C27H20F5N3O4S. The number of carboxylic acids is 1. The predicted molar refractivity (Wildman–Crippen MR) is 139 cm³/mol. The highest BCUT2D eigenvalue weighted by atomic mass is 32.1. The van der Waals surface area contributed by atoms with E-state index in [9.17, 15) is 36.3 Å². The van der Waals surface area contributed by atoms with Crippen molar-refractivity contribution < 1.29 is 41.4 Å². The maximum absolute atomic E-state index is 12.8. The Hall–Kier alpha value is -4.65. The molecule has 4 aromatic rings. The van der Waals surface area contributed by atoms with Crippen LogP contribution in [0.4, 0.5) is 27.6 Å². The fraction of sp³-hybridized carbons (Fsp3) is 0.111. The second-order valence-electron chi connectivity index (χ2n) is 8.10. The smallest absolute Gasteiger partial charge is 0.416 e. The normalized spacial score (nSPS) is 11.0. The number of halogens is 5. The topological polar surface area (TPSA) is 122 Å². The average Bonchev–Trinajstić information content (AvgIpc) is 3.35. The number of amides is 2. The zero-order chi connectivity index (χ0) is 29.6. The number of benzene rings is 3. The number of carbonyl (C=O) groups excluding carboxylic acids is 2. The first-order valence-electron chi connectivity index (χ1n) is 11.2. The lowest BCUT2D eigenvalue weighted by Gasteiger charge is -2.14. The highest BCUT2D eigenvalue weighted by molar-refractivity contribution is 7.09. The fourth-order valence-corrected chi connectivity index (χ4v) is 4.04. The molecule has 0 saturated carbocycles. The maximum atomic E-state index is 12.8. The average molecular weight is 578 g/mol. The minimum absolute atomic E-state index is 0.113.